The van der Waals surface area contributed by atoms with E-state index in [0.29, 0.717) is 5.75 Å². The third kappa shape index (κ3) is 3.20. The molecule has 8 nitrogen and oxygen atoms in total. The van der Waals surface area contributed by atoms with Gasteiger partial charge in [0, 0.05) is 30.4 Å². The highest BCUT2D eigenvalue weighted by Crippen LogP contribution is 2.45. The van der Waals surface area contributed by atoms with Gasteiger partial charge in [-0.3, -0.25) is 9.89 Å². The van der Waals surface area contributed by atoms with E-state index in [-0.39, 0.29) is 11.3 Å². The van der Waals surface area contributed by atoms with Crippen LogP contribution in [0.5, 0.6) is 5.75 Å². The van der Waals surface area contributed by atoms with E-state index in [9.17, 15) is 4.79 Å². The normalized spacial score (nSPS) is 18.2. The van der Waals surface area contributed by atoms with Gasteiger partial charge in [0.1, 0.15) is 22.7 Å². The molecule has 0 radical (unpaired) electrons. The van der Waals surface area contributed by atoms with Crippen LogP contribution in [0.2, 0.25) is 0 Å². The minimum absolute atomic E-state index is 0.179. The number of hydrogen-bond acceptors (Lipinski definition) is 7. The number of carbonyl (C=O) groups excluding carboxylic acids is 1. The maximum atomic E-state index is 12.8. The van der Waals surface area contributed by atoms with Gasteiger partial charge in [-0.15, -0.1) is 11.3 Å². The molecule has 0 fully saturated rings. The van der Waals surface area contributed by atoms with Gasteiger partial charge in [0.2, 0.25) is 5.91 Å². The number of nitrogens with zero attached hydrogens (tertiary/aromatic N) is 4. The van der Waals surface area contributed by atoms with Gasteiger partial charge in [-0.2, -0.15) is 5.10 Å². The third-order valence-corrected chi connectivity index (χ3v) is 7.22. The second-order valence-corrected chi connectivity index (χ2v) is 9.56. The molecule has 1 amide bonds. The van der Waals surface area contributed by atoms with Crippen LogP contribution in [0.3, 0.4) is 0 Å². The number of fused-ring (bicyclic) bond motifs is 4. The molecule has 160 valence electrons. The van der Waals surface area contributed by atoms with E-state index in [1.54, 1.807) is 35.9 Å². The molecule has 1 aliphatic carbocycles. The van der Waals surface area contributed by atoms with Crippen molar-refractivity contribution in [1.82, 2.24) is 25.1 Å². The summed E-state index contributed by atoms with van der Waals surface area (Å²) in [5.74, 6) is 1.64. The zero-order valence-electron chi connectivity index (χ0n) is 17.9. The molecule has 1 aromatic carbocycles. The molecular weight excluding hydrogens is 412 g/mol. The van der Waals surface area contributed by atoms with Crippen molar-refractivity contribution in [3.05, 3.63) is 35.1 Å². The number of methoxy groups -OCH3 is 1. The molecule has 31 heavy (non-hydrogen) atoms. The number of aromatic nitrogens is 4. The molecule has 1 aliphatic rings. The number of rotatable bonds is 4. The Morgan fingerprint density at radius 1 is 1.32 bits per heavy atom. The molecule has 0 aliphatic heterocycles. The molecule has 4 aromatic rings. The summed E-state index contributed by atoms with van der Waals surface area (Å²) in [5.41, 5.74) is 2.59. The SMILES string of the molecule is COc1cc2[nH]ncc2cc1Nc1ncnc2sc3c(c12)CC[C@](C)(C(=O)N(C)C)C3. The van der Waals surface area contributed by atoms with Crippen LogP contribution >= 0.6 is 11.3 Å². The van der Waals surface area contributed by atoms with Crippen LogP contribution < -0.4 is 10.1 Å². The molecule has 5 rings (SSSR count). The van der Waals surface area contributed by atoms with Crippen LogP contribution in [0.25, 0.3) is 21.1 Å². The van der Waals surface area contributed by atoms with Crippen molar-refractivity contribution >= 4 is 49.9 Å². The first-order chi connectivity index (χ1) is 14.9. The van der Waals surface area contributed by atoms with Gasteiger partial charge in [0.05, 0.1) is 35.3 Å². The maximum Gasteiger partial charge on any atom is 0.228 e. The molecule has 3 heterocycles. The first-order valence-electron chi connectivity index (χ1n) is 10.1. The van der Waals surface area contributed by atoms with Crippen LogP contribution in [-0.4, -0.2) is 52.2 Å². The lowest BCUT2D eigenvalue weighted by Crippen LogP contribution is -2.41. The second-order valence-electron chi connectivity index (χ2n) is 8.48. The topological polar surface area (TPSA) is 96.0 Å². The molecule has 0 spiro atoms. The Labute approximate surface area is 183 Å². The fourth-order valence-electron chi connectivity index (χ4n) is 4.47. The zero-order valence-corrected chi connectivity index (χ0v) is 18.8. The number of nitrogens with one attached hydrogen (secondary N) is 2. The van der Waals surface area contributed by atoms with Gasteiger partial charge >= 0.3 is 0 Å². The predicted octanol–water partition coefficient (Wildman–Crippen LogP) is 3.90. The van der Waals surface area contributed by atoms with E-state index in [4.69, 9.17) is 4.74 Å². The van der Waals surface area contributed by atoms with Gasteiger partial charge < -0.3 is 15.0 Å². The summed E-state index contributed by atoms with van der Waals surface area (Å²) < 4.78 is 5.58. The van der Waals surface area contributed by atoms with Gasteiger partial charge in [0.15, 0.2) is 0 Å². The molecule has 0 saturated carbocycles. The summed E-state index contributed by atoms with van der Waals surface area (Å²) in [6.07, 6.45) is 5.72. The number of amides is 1. The summed E-state index contributed by atoms with van der Waals surface area (Å²) in [5, 5.41) is 12.5. The Hall–Kier alpha value is -3.20. The average Bonchev–Trinajstić information content (AvgIpc) is 3.35. The van der Waals surface area contributed by atoms with Crippen molar-refractivity contribution in [3.8, 4) is 5.75 Å². The van der Waals surface area contributed by atoms with Crippen LogP contribution in [0, 0.1) is 5.41 Å². The Morgan fingerprint density at radius 3 is 2.94 bits per heavy atom. The van der Waals surface area contributed by atoms with E-state index in [1.165, 1.54) is 10.4 Å². The first-order valence-corrected chi connectivity index (χ1v) is 11.0. The maximum absolute atomic E-state index is 12.8. The lowest BCUT2D eigenvalue weighted by molar-refractivity contribution is -0.139. The van der Waals surface area contributed by atoms with Gasteiger partial charge in [-0.1, -0.05) is 6.92 Å². The highest BCUT2D eigenvalue weighted by molar-refractivity contribution is 7.19. The third-order valence-electron chi connectivity index (χ3n) is 6.08. The predicted molar refractivity (Wildman–Crippen MR) is 122 cm³/mol. The molecular formula is C22H24N6O2S. The van der Waals surface area contributed by atoms with Crippen molar-refractivity contribution in [2.75, 3.05) is 26.5 Å². The number of carbonyl (C=O) groups is 1. The average molecular weight is 437 g/mol. The second kappa shape index (κ2) is 7.19. The molecule has 3 aromatic heterocycles. The van der Waals surface area contributed by atoms with E-state index >= 15 is 0 Å². The molecule has 1 atom stereocenters. The van der Waals surface area contributed by atoms with Crippen molar-refractivity contribution in [3.63, 3.8) is 0 Å². The highest BCUT2D eigenvalue weighted by atomic mass is 32.1. The minimum Gasteiger partial charge on any atom is -0.494 e. The van der Waals surface area contributed by atoms with Crippen molar-refractivity contribution < 1.29 is 9.53 Å². The summed E-state index contributed by atoms with van der Waals surface area (Å²) in [4.78, 5) is 25.7. The van der Waals surface area contributed by atoms with E-state index < -0.39 is 0 Å². The molecule has 0 bridgehead atoms. The number of benzene rings is 1. The largest absolute Gasteiger partial charge is 0.494 e. The number of ether oxygens (including phenoxy) is 1. The molecule has 0 saturated heterocycles. The Balaban J connectivity index is 1.57. The number of aromatic amines is 1. The fourth-order valence-corrected chi connectivity index (χ4v) is 5.84. The van der Waals surface area contributed by atoms with Crippen molar-refractivity contribution in [1.29, 1.82) is 0 Å². The number of hydrogen-bond donors (Lipinski definition) is 2. The Morgan fingerprint density at radius 2 is 2.16 bits per heavy atom. The smallest absolute Gasteiger partial charge is 0.228 e. The molecule has 9 heteroatoms. The van der Waals surface area contributed by atoms with Crippen molar-refractivity contribution in [2.45, 2.75) is 26.2 Å². The number of thiophene rings is 1. The van der Waals surface area contributed by atoms with Gasteiger partial charge in [0.25, 0.3) is 0 Å². The summed E-state index contributed by atoms with van der Waals surface area (Å²) >= 11 is 1.66. The lowest BCUT2D eigenvalue weighted by atomic mass is 9.74. The Bertz CT molecular complexity index is 1310. The van der Waals surface area contributed by atoms with E-state index in [2.05, 4.69) is 32.4 Å². The molecule has 2 N–H and O–H groups in total. The first kappa shape index (κ1) is 19.7. The minimum atomic E-state index is -0.381. The van der Waals surface area contributed by atoms with E-state index in [1.807, 2.05) is 26.2 Å². The lowest BCUT2D eigenvalue weighted by Gasteiger charge is -2.34. The van der Waals surface area contributed by atoms with Crippen LogP contribution in [0.15, 0.2) is 24.7 Å². The standard InChI is InChI=1S/C22H24N6O2S/c1-22(21(29)28(2)3)6-5-13-17(9-22)31-20-18(13)19(23-11-24-20)26-15-7-12-10-25-27-14(12)8-16(15)30-4/h7-8,10-11H,5-6,9H2,1-4H3,(H,25,27)(H,23,24,26)/t22-/m0/s1. The quantitative estimate of drug-likeness (QED) is 0.504. The van der Waals surface area contributed by atoms with Crippen LogP contribution in [-0.2, 0) is 17.6 Å². The summed E-state index contributed by atoms with van der Waals surface area (Å²) in [7, 11) is 5.30. The number of H-pyrrole nitrogens is 1. The Kier molecular flexibility index (Phi) is 4.58. The van der Waals surface area contributed by atoms with Gasteiger partial charge in [-0.25, -0.2) is 9.97 Å². The van der Waals surface area contributed by atoms with Crippen molar-refractivity contribution in [2.24, 2.45) is 5.41 Å². The molecule has 0 unspecified atom stereocenters. The van der Waals surface area contributed by atoms with Crippen LogP contribution in [0.4, 0.5) is 11.5 Å². The monoisotopic (exact) mass is 436 g/mol. The highest BCUT2D eigenvalue weighted by Gasteiger charge is 2.39. The number of anilines is 2. The summed E-state index contributed by atoms with van der Waals surface area (Å²) in [6.45, 7) is 2.07. The van der Waals surface area contributed by atoms with E-state index in [0.717, 1.165) is 51.9 Å². The zero-order chi connectivity index (χ0) is 21.8. The van der Waals surface area contributed by atoms with Gasteiger partial charge in [-0.05, 0) is 30.9 Å². The summed E-state index contributed by atoms with van der Waals surface area (Å²) in [6, 6.07) is 3.92. The van der Waals surface area contributed by atoms with Crippen LogP contribution in [0.1, 0.15) is 23.8 Å². The fraction of sp³-hybridized carbons (Fsp3) is 0.364. The number of aryl methyl sites for hydroxylation is 1.